The zero-order valence-electron chi connectivity index (χ0n) is 5.65. The van der Waals surface area contributed by atoms with Crippen molar-refractivity contribution in [1.82, 2.24) is 4.98 Å². The summed E-state index contributed by atoms with van der Waals surface area (Å²) in [4.78, 5) is 3.13. The molecule has 0 aliphatic carbocycles. The Kier molecular flexibility index (Phi) is 1.90. The fourth-order valence-corrected chi connectivity index (χ4v) is 0.865. The third kappa shape index (κ3) is 1.57. The van der Waals surface area contributed by atoms with Gasteiger partial charge in [0.25, 0.3) is 0 Å². The minimum absolute atomic E-state index is 0.722. The summed E-state index contributed by atoms with van der Waals surface area (Å²) in [6, 6.07) is 2.12. The Morgan fingerprint density at radius 3 is 2.89 bits per heavy atom. The highest BCUT2D eigenvalue weighted by molar-refractivity contribution is 5.14. The Labute approximate surface area is 55.1 Å². The summed E-state index contributed by atoms with van der Waals surface area (Å²) in [6.45, 7) is 2.79. The first-order chi connectivity index (χ1) is 4.33. The van der Waals surface area contributed by atoms with Gasteiger partial charge in [0.05, 0.1) is 0 Å². The normalized spacial score (nSPS) is 10.0. The summed E-state index contributed by atoms with van der Waals surface area (Å²) in [7, 11) is 0. The van der Waals surface area contributed by atoms with Crippen LogP contribution >= 0.6 is 0 Å². The van der Waals surface area contributed by atoms with Gasteiger partial charge in [-0.1, -0.05) is 0 Å². The van der Waals surface area contributed by atoms with Crippen molar-refractivity contribution in [2.24, 2.45) is 5.73 Å². The van der Waals surface area contributed by atoms with Crippen LogP contribution in [0.1, 0.15) is 11.3 Å². The summed E-state index contributed by atoms with van der Waals surface area (Å²) < 4.78 is 0. The van der Waals surface area contributed by atoms with Gasteiger partial charge in [-0.25, -0.2) is 0 Å². The van der Waals surface area contributed by atoms with E-state index >= 15 is 0 Å². The van der Waals surface area contributed by atoms with E-state index in [-0.39, 0.29) is 0 Å². The predicted octanol–water partition coefficient (Wildman–Crippen LogP) is 0.824. The molecular formula is C7H12N2. The second-order valence-corrected chi connectivity index (χ2v) is 2.24. The van der Waals surface area contributed by atoms with Crippen LogP contribution in [-0.2, 0) is 6.42 Å². The Morgan fingerprint density at radius 2 is 2.44 bits per heavy atom. The van der Waals surface area contributed by atoms with Crippen LogP contribution in [-0.4, -0.2) is 11.5 Å². The van der Waals surface area contributed by atoms with Crippen LogP contribution < -0.4 is 5.73 Å². The number of nitrogens with one attached hydrogen (secondary N) is 1. The second kappa shape index (κ2) is 2.69. The van der Waals surface area contributed by atoms with E-state index in [2.05, 4.69) is 18.0 Å². The number of H-pyrrole nitrogens is 1. The molecule has 0 radical (unpaired) electrons. The molecule has 0 aromatic carbocycles. The molecule has 0 unspecified atom stereocenters. The number of rotatable bonds is 2. The molecule has 3 N–H and O–H groups in total. The zero-order chi connectivity index (χ0) is 6.69. The molecule has 0 bridgehead atoms. The summed E-state index contributed by atoms with van der Waals surface area (Å²) in [5, 5.41) is 0. The summed E-state index contributed by atoms with van der Waals surface area (Å²) in [6.07, 6.45) is 2.94. The van der Waals surface area contributed by atoms with Crippen LogP contribution in [0.5, 0.6) is 0 Å². The predicted molar refractivity (Wildman–Crippen MR) is 38.3 cm³/mol. The van der Waals surface area contributed by atoms with E-state index in [1.54, 1.807) is 0 Å². The molecule has 0 saturated heterocycles. The van der Waals surface area contributed by atoms with Gasteiger partial charge in [-0.15, -0.1) is 0 Å². The zero-order valence-corrected chi connectivity index (χ0v) is 5.65. The molecule has 0 fully saturated rings. The van der Waals surface area contributed by atoms with Gasteiger partial charge in [0, 0.05) is 11.9 Å². The maximum atomic E-state index is 5.35. The van der Waals surface area contributed by atoms with E-state index in [1.807, 2.05) is 6.20 Å². The number of aryl methyl sites for hydroxylation is 1. The van der Waals surface area contributed by atoms with Gasteiger partial charge in [0.15, 0.2) is 0 Å². The highest BCUT2D eigenvalue weighted by atomic mass is 14.7. The molecule has 0 saturated carbocycles. The summed E-state index contributed by atoms with van der Waals surface area (Å²) in [5.41, 5.74) is 7.86. The average molecular weight is 124 g/mol. The molecule has 2 nitrogen and oxygen atoms in total. The van der Waals surface area contributed by atoms with Crippen molar-refractivity contribution in [2.75, 3.05) is 6.54 Å². The lowest BCUT2D eigenvalue weighted by Crippen LogP contribution is -2.02. The first-order valence-corrected chi connectivity index (χ1v) is 3.17. The minimum Gasteiger partial charge on any atom is -0.365 e. The van der Waals surface area contributed by atoms with Crippen molar-refractivity contribution in [3.63, 3.8) is 0 Å². The van der Waals surface area contributed by atoms with Gasteiger partial charge in [0.1, 0.15) is 0 Å². The van der Waals surface area contributed by atoms with Crippen molar-refractivity contribution < 1.29 is 0 Å². The fourth-order valence-electron chi connectivity index (χ4n) is 0.865. The molecule has 1 aromatic heterocycles. The lowest BCUT2D eigenvalue weighted by Gasteiger charge is -1.88. The van der Waals surface area contributed by atoms with Gasteiger partial charge in [0.2, 0.25) is 0 Å². The number of hydrogen-bond acceptors (Lipinski definition) is 1. The molecule has 1 heterocycles. The van der Waals surface area contributed by atoms with Crippen LogP contribution in [0.25, 0.3) is 0 Å². The number of nitrogens with two attached hydrogens (primary N) is 1. The molecule has 2 heteroatoms. The molecule has 50 valence electrons. The van der Waals surface area contributed by atoms with Crippen molar-refractivity contribution in [1.29, 1.82) is 0 Å². The van der Waals surface area contributed by atoms with Crippen LogP contribution in [0.3, 0.4) is 0 Å². The maximum Gasteiger partial charge on any atom is 0.0162 e. The maximum absolute atomic E-state index is 5.35. The average Bonchev–Trinajstić information content (AvgIpc) is 2.17. The Balaban J connectivity index is 2.61. The lowest BCUT2D eigenvalue weighted by molar-refractivity contribution is 0.935. The third-order valence-electron chi connectivity index (χ3n) is 1.30. The summed E-state index contributed by atoms with van der Waals surface area (Å²) >= 11 is 0. The Morgan fingerprint density at radius 1 is 1.67 bits per heavy atom. The Hall–Kier alpha value is -0.760. The Bertz CT molecular complexity index is 179. The number of hydrogen-bond donors (Lipinski definition) is 2. The molecular weight excluding hydrogens is 112 g/mol. The molecule has 0 aliphatic rings. The lowest BCUT2D eigenvalue weighted by atomic mass is 10.3. The second-order valence-electron chi connectivity index (χ2n) is 2.24. The van der Waals surface area contributed by atoms with Crippen LogP contribution in [0.2, 0.25) is 0 Å². The van der Waals surface area contributed by atoms with Gasteiger partial charge in [-0.2, -0.15) is 0 Å². The van der Waals surface area contributed by atoms with E-state index in [9.17, 15) is 0 Å². The SMILES string of the molecule is Cc1c[nH]c(CCN)c1. The molecule has 0 aliphatic heterocycles. The standard InChI is InChI=1S/C7H12N2/c1-6-4-7(2-3-8)9-5-6/h4-5,9H,2-3,8H2,1H3. The minimum atomic E-state index is 0.722. The number of aromatic nitrogens is 1. The monoisotopic (exact) mass is 124 g/mol. The topological polar surface area (TPSA) is 41.8 Å². The van der Waals surface area contributed by atoms with Crippen molar-refractivity contribution in [3.05, 3.63) is 23.5 Å². The van der Waals surface area contributed by atoms with Crippen LogP contribution in [0.15, 0.2) is 12.3 Å². The third-order valence-corrected chi connectivity index (χ3v) is 1.30. The van der Waals surface area contributed by atoms with Crippen LogP contribution in [0, 0.1) is 6.92 Å². The van der Waals surface area contributed by atoms with E-state index < -0.39 is 0 Å². The molecule has 0 atom stereocenters. The van der Waals surface area contributed by atoms with Gasteiger partial charge in [-0.3, -0.25) is 0 Å². The molecule has 0 amide bonds. The van der Waals surface area contributed by atoms with E-state index in [4.69, 9.17) is 5.73 Å². The van der Waals surface area contributed by atoms with Gasteiger partial charge in [-0.05, 0) is 31.5 Å². The number of aromatic amines is 1. The van der Waals surface area contributed by atoms with Crippen molar-refractivity contribution in [2.45, 2.75) is 13.3 Å². The first-order valence-electron chi connectivity index (χ1n) is 3.17. The molecule has 9 heavy (non-hydrogen) atoms. The molecule has 0 spiro atoms. The quantitative estimate of drug-likeness (QED) is 0.602. The van der Waals surface area contributed by atoms with Gasteiger partial charge < -0.3 is 10.7 Å². The van der Waals surface area contributed by atoms with Crippen LogP contribution in [0.4, 0.5) is 0 Å². The van der Waals surface area contributed by atoms with E-state index in [0.717, 1.165) is 13.0 Å². The fraction of sp³-hybridized carbons (Fsp3) is 0.429. The highest BCUT2D eigenvalue weighted by Crippen LogP contribution is 2.00. The largest absolute Gasteiger partial charge is 0.365 e. The van der Waals surface area contributed by atoms with E-state index in [1.165, 1.54) is 11.3 Å². The summed E-state index contributed by atoms with van der Waals surface area (Å²) in [5.74, 6) is 0. The van der Waals surface area contributed by atoms with Crippen molar-refractivity contribution >= 4 is 0 Å². The molecule has 1 aromatic rings. The highest BCUT2D eigenvalue weighted by Gasteiger charge is 1.91. The van der Waals surface area contributed by atoms with Crippen molar-refractivity contribution in [3.8, 4) is 0 Å². The smallest absolute Gasteiger partial charge is 0.0162 e. The van der Waals surface area contributed by atoms with Gasteiger partial charge >= 0.3 is 0 Å². The first kappa shape index (κ1) is 6.36. The van der Waals surface area contributed by atoms with E-state index in [0.29, 0.717) is 0 Å². The molecule has 1 rings (SSSR count).